The van der Waals surface area contributed by atoms with Crippen molar-refractivity contribution in [1.82, 2.24) is 4.98 Å². The predicted octanol–water partition coefficient (Wildman–Crippen LogP) is 4.83. The maximum atomic E-state index is 5.87. The quantitative estimate of drug-likeness (QED) is 0.811. The van der Waals surface area contributed by atoms with E-state index in [0.29, 0.717) is 10.9 Å². The van der Waals surface area contributed by atoms with Crippen molar-refractivity contribution < 1.29 is 9.47 Å². The molecule has 1 aromatic carbocycles. The second-order valence-corrected chi connectivity index (χ2v) is 5.97. The average molecular weight is 292 g/mol. The number of halogens is 1. The van der Waals surface area contributed by atoms with Crippen LogP contribution in [0.4, 0.5) is 0 Å². The molecule has 0 radical (unpaired) electrons. The van der Waals surface area contributed by atoms with Crippen LogP contribution in [0.2, 0.25) is 5.02 Å². The normalized spacial score (nSPS) is 11.2. The summed E-state index contributed by atoms with van der Waals surface area (Å²) in [6, 6.07) is 9.27. The van der Waals surface area contributed by atoms with Gasteiger partial charge >= 0.3 is 0 Å². The zero-order valence-electron chi connectivity index (χ0n) is 12.1. The number of pyridine rings is 1. The molecule has 2 aromatic rings. The van der Waals surface area contributed by atoms with Crippen LogP contribution < -0.4 is 9.47 Å². The number of hydrogen-bond donors (Lipinski definition) is 0. The van der Waals surface area contributed by atoms with Crippen molar-refractivity contribution in [3.63, 3.8) is 0 Å². The van der Waals surface area contributed by atoms with E-state index < -0.39 is 0 Å². The Morgan fingerprint density at radius 1 is 1.10 bits per heavy atom. The first-order chi connectivity index (χ1) is 9.40. The molecule has 1 aromatic heterocycles. The van der Waals surface area contributed by atoms with Crippen LogP contribution >= 0.6 is 11.6 Å². The van der Waals surface area contributed by atoms with Gasteiger partial charge in [0.1, 0.15) is 11.5 Å². The van der Waals surface area contributed by atoms with Gasteiger partial charge in [0.2, 0.25) is 5.88 Å². The zero-order valence-corrected chi connectivity index (χ0v) is 12.9. The molecule has 4 heteroatoms. The van der Waals surface area contributed by atoms with Crippen molar-refractivity contribution in [3.05, 3.63) is 47.1 Å². The molecule has 2 rings (SSSR count). The first kappa shape index (κ1) is 14.7. The molecule has 0 unspecified atom stereocenters. The van der Waals surface area contributed by atoms with Crippen LogP contribution in [-0.2, 0) is 5.41 Å². The fourth-order valence-electron chi connectivity index (χ4n) is 1.85. The van der Waals surface area contributed by atoms with Crippen molar-refractivity contribution in [2.75, 3.05) is 7.11 Å². The lowest BCUT2D eigenvalue weighted by atomic mass is 9.86. The highest BCUT2D eigenvalue weighted by molar-refractivity contribution is 6.30. The van der Waals surface area contributed by atoms with Gasteiger partial charge in [0.15, 0.2) is 0 Å². The second-order valence-electron chi connectivity index (χ2n) is 5.53. The summed E-state index contributed by atoms with van der Waals surface area (Å²) >= 11 is 5.82. The molecule has 106 valence electrons. The molecular formula is C16H18ClNO2. The Morgan fingerprint density at radius 3 is 2.40 bits per heavy atom. The first-order valence-electron chi connectivity index (χ1n) is 6.38. The lowest BCUT2D eigenvalue weighted by Gasteiger charge is -2.23. The van der Waals surface area contributed by atoms with E-state index in [9.17, 15) is 0 Å². The summed E-state index contributed by atoms with van der Waals surface area (Å²) in [4.78, 5) is 4.15. The number of rotatable bonds is 3. The highest BCUT2D eigenvalue weighted by atomic mass is 35.5. The maximum Gasteiger partial charge on any atom is 0.219 e. The van der Waals surface area contributed by atoms with Crippen LogP contribution in [0, 0.1) is 0 Å². The molecule has 0 amide bonds. The minimum absolute atomic E-state index is 0.0592. The summed E-state index contributed by atoms with van der Waals surface area (Å²) in [7, 11) is 1.66. The lowest BCUT2D eigenvalue weighted by molar-refractivity contribution is 0.405. The average Bonchev–Trinajstić information content (AvgIpc) is 2.40. The molecule has 0 spiro atoms. The van der Waals surface area contributed by atoms with E-state index in [1.165, 1.54) is 0 Å². The molecular weight excluding hydrogens is 274 g/mol. The van der Waals surface area contributed by atoms with E-state index in [4.69, 9.17) is 21.1 Å². The molecule has 0 aliphatic heterocycles. The molecule has 0 bridgehead atoms. The highest BCUT2D eigenvalue weighted by Gasteiger charge is 2.20. The van der Waals surface area contributed by atoms with Gasteiger partial charge < -0.3 is 9.47 Å². The van der Waals surface area contributed by atoms with Gasteiger partial charge in [-0.05, 0) is 29.7 Å². The largest absolute Gasteiger partial charge is 0.497 e. The van der Waals surface area contributed by atoms with Crippen LogP contribution in [0.25, 0.3) is 0 Å². The van der Waals surface area contributed by atoms with Gasteiger partial charge in [0, 0.05) is 17.8 Å². The first-order valence-corrected chi connectivity index (χ1v) is 6.76. The van der Waals surface area contributed by atoms with E-state index in [-0.39, 0.29) is 5.41 Å². The van der Waals surface area contributed by atoms with Gasteiger partial charge in [0.25, 0.3) is 0 Å². The minimum atomic E-state index is -0.0592. The molecule has 20 heavy (non-hydrogen) atoms. The van der Waals surface area contributed by atoms with Crippen molar-refractivity contribution in [3.8, 4) is 17.4 Å². The number of nitrogens with zero attached hydrogens (tertiary/aromatic N) is 1. The number of hydrogen-bond acceptors (Lipinski definition) is 3. The van der Waals surface area contributed by atoms with E-state index in [1.54, 1.807) is 25.4 Å². The summed E-state index contributed by atoms with van der Waals surface area (Å²) in [5, 5.41) is 0.586. The fourth-order valence-corrected chi connectivity index (χ4v) is 1.96. The number of aromatic nitrogens is 1. The van der Waals surface area contributed by atoms with Crippen LogP contribution in [-0.4, -0.2) is 12.1 Å². The van der Waals surface area contributed by atoms with Crippen LogP contribution in [0.15, 0.2) is 36.5 Å². The Labute approximate surface area is 124 Å². The fraction of sp³-hybridized carbons (Fsp3) is 0.312. The van der Waals surface area contributed by atoms with Crippen molar-refractivity contribution in [2.24, 2.45) is 0 Å². The maximum absolute atomic E-state index is 5.87. The molecule has 0 atom stereocenters. The monoisotopic (exact) mass is 291 g/mol. The van der Waals surface area contributed by atoms with Crippen LogP contribution in [0.3, 0.4) is 0 Å². The molecule has 0 saturated heterocycles. The SMILES string of the molecule is COc1ccc(Oc2ccc(Cl)cn2)c(C(C)(C)C)c1. The Balaban J connectivity index is 2.38. The third-order valence-electron chi connectivity index (χ3n) is 2.91. The van der Waals surface area contributed by atoms with Gasteiger partial charge in [-0.1, -0.05) is 32.4 Å². The summed E-state index contributed by atoms with van der Waals surface area (Å²) in [5.74, 6) is 2.10. The van der Waals surface area contributed by atoms with Gasteiger partial charge in [-0.15, -0.1) is 0 Å². The van der Waals surface area contributed by atoms with E-state index in [0.717, 1.165) is 17.1 Å². The molecule has 0 N–H and O–H groups in total. The van der Waals surface area contributed by atoms with Crippen molar-refractivity contribution >= 4 is 11.6 Å². The van der Waals surface area contributed by atoms with Gasteiger partial charge in [0.05, 0.1) is 12.1 Å². The Bertz CT molecular complexity index is 588. The van der Waals surface area contributed by atoms with Crippen LogP contribution in [0.1, 0.15) is 26.3 Å². The number of methoxy groups -OCH3 is 1. The molecule has 0 fully saturated rings. The smallest absolute Gasteiger partial charge is 0.219 e. The molecule has 0 aliphatic carbocycles. The van der Waals surface area contributed by atoms with Gasteiger partial charge in [-0.2, -0.15) is 0 Å². The highest BCUT2D eigenvalue weighted by Crippen LogP contribution is 2.36. The lowest BCUT2D eigenvalue weighted by Crippen LogP contribution is -2.12. The molecule has 3 nitrogen and oxygen atoms in total. The van der Waals surface area contributed by atoms with Gasteiger partial charge in [-0.3, -0.25) is 0 Å². The molecule has 0 aliphatic rings. The second kappa shape index (κ2) is 5.71. The minimum Gasteiger partial charge on any atom is -0.497 e. The Hall–Kier alpha value is -1.74. The summed E-state index contributed by atoms with van der Waals surface area (Å²) in [6.07, 6.45) is 1.57. The Kier molecular flexibility index (Phi) is 4.19. The van der Waals surface area contributed by atoms with Crippen molar-refractivity contribution in [2.45, 2.75) is 26.2 Å². The van der Waals surface area contributed by atoms with E-state index >= 15 is 0 Å². The summed E-state index contributed by atoms with van der Waals surface area (Å²) < 4.78 is 11.1. The molecule has 0 saturated carbocycles. The zero-order chi connectivity index (χ0) is 14.8. The summed E-state index contributed by atoms with van der Waals surface area (Å²) in [5.41, 5.74) is 1.00. The topological polar surface area (TPSA) is 31.4 Å². The van der Waals surface area contributed by atoms with Crippen molar-refractivity contribution in [1.29, 1.82) is 0 Å². The summed E-state index contributed by atoms with van der Waals surface area (Å²) in [6.45, 7) is 6.39. The number of benzene rings is 1. The third-order valence-corrected chi connectivity index (χ3v) is 3.13. The number of ether oxygens (including phenoxy) is 2. The van der Waals surface area contributed by atoms with E-state index in [2.05, 4.69) is 25.8 Å². The predicted molar refractivity (Wildman–Crippen MR) is 81.0 cm³/mol. The van der Waals surface area contributed by atoms with Crippen LogP contribution in [0.5, 0.6) is 17.4 Å². The Morgan fingerprint density at radius 2 is 1.85 bits per heavy atom. The van der Waals surface area contributed by atoms with E-state index in [1.807, 2.05) is 18.2 Å². The molecule has 1 heterocycles. The standard InChI is InChI=1S/C16H18ClNO2/c1-16(2,3)13-9-12(19-4)6-7-14(13)20-15-8-5-11(17)10-18-15/h5-10H,1-4H3. The van der Waals surface area contributed by atoms with Gasteiger partial charge in [-0.25, -0.2) is 4.98 Å². The third kappa shape index (κ3) is 3.42.